The van der Waals surface area contributed by atoms with Gasteiger partial charge in [0.1, 0.15) is 0 Å². The van der Waals surface area contributed by atoms with Crippen LogP contribution >= 0.6 is 0 Å². The van der Waals surface area contributed by atoms with Gasteiger partial charge in [-0.1, -0.05) is 18.2 Å². The van der Waals surface area contributed by atoms with Crippen molar-refractivity contribution in [3.63, 3.8) is 0 Å². The lowest BCUT2D eigenvalue weighted by Crippen LogP contribution is -2.24. The smallest absolute Gasteiger partial charge is 0.161 e. The summed E-state index contributed by atoms with van der Waals surface area (Å²) < 4.78 is 11.8. The Morgan fingerprint density at radius 3 is 2.32 bits per heavy atom. The van der Waals surface area contributed by atoms with Crippen molar-refractivity contribution in [2.24, 2.45) is 0 Å². The molecule has 2 aromatic carbocycles. The summed E-state index contributed by atoms with van der Waals surface area (Å²) in [7, 11) is 1.69. The molecule has 1 unspecified atom stereocenters. The highest BCUT2D eigenvalue weighted by Crippen LogP contribution is 2.37. The fourth-order valence-electron chi connectivity index (χ4n) is 3.58. The third kappa shape index (κ3) is 4.11. The molecule has 4 rings (SSSR count). The number of nitrogens with two attached hydrogens (primary N) is 1. The Balaban J connectivity index is 1.70. The van der Waals surface area contributed by atoms with E-state index in [4.69, 9.17) is 15.2 Å². The first-order chi connectivity index (χ1) is 13.7. The predicted molar refractivity (Wildman–Crippen MR) is 112 cm³/mol. The minimum Gasteiger partial charge on any atom is -0.493 e. The van der Waals surface area contributed by atoms with E-state index in [2.05, 4.69) is 41.4 Å². The van der Waals surface area contributed by atoms with Crippen LogP contribution in [0.25, 0.3) is 0 Å². The summed E-state index contributed by atoms with van der Waals surface area (Å²) in [6.07, 6.45) is 8.34. The van der Waals surface area contributed by atoms with Gasteiger partial charge in [0, 0.05) is 24.0 Å². The van der Waals surface area contributed by atoms with E-state index in [9.17, 15) is 0 Å². The number of pyridine rings is 1. The molecule has 3 aromatic rings. The largest absolute Gasteiger partial charge is 0.493 e. The predicted octanol–water partition coefficient (Wildman–Crippen LogP) is 4.98. The number of nitrogen functional groups attached to an aromatic ring is 1. The molecule has 1 aromatic heterocycles. The van der Waals surface area contributed by atoms with Crippen LogP contribution in [0.3, 0.4) is 0 Å². The van der Waals surface area contributed by atoms with Crippen molar-refractivity contribution in [1.29, 1.82) is 0 Å². The maximum absolute atomic E-state index is 6.21. The second-order valence-corrected chi connectivity index (χ2v) is 7.36. The van der Waals surface area contributed by atoms with E-state index in [1.807, 2.05) is 30.6 Å². The Hall–Kier alpha value is -3.01. The van der Waals surface area contributed by atoms with E-state index >= 15 is 0 Å². The summed E-state index contributed by atoms with van der Waals surface area (Å²) in [4.78, 5) is 4.14. The van der Waals surface area contributed by atoms with Gasteiger partial charge in [-0.15, -0.1) is 0 Å². The maximum Gasteiger partial charge on any atom is 0.161 e. The number of rotatable bonds is 7. The summed E-state index contributed by atoms with van der Waals surface area (Å²) >= 11 is 0. The van der Waals surface area contributed by atoms with Crippen LogP contribution in [0.2, 0.25) is 0 Å². The molecule has 0 saturated heterocycles. The molecule has 2 N–H and O–H groups in total. The van der Waals surface area contributed by atoms with Gasteiger partial charge in [-0.25, -0.2) is 0 Å². The second kappa shape index (κ2) is 8.34. The molecule has 1 saturated carbocycles. The summed E-state index contributed by atoms with van der Waals surface area (Å²) in [5.74, 6) is 1.81. The van der Waals surface area contributed by atoms with Gasteiger partial charge in [0.2, 0.25) is 0 Å². The highest BCUT2D eigenvalue weighted by molar-refractivity contribution is 5.48. The second-order valence-electron chi connectivity index (χ2n) is 7.36. The van der Waals surface area contributed by atoms with Gasteiger partial charge in [-0.05, 0) is 78.8 Å². The molecule has 144 valence electrons. The molecular weight excluding hydrogens is 348 g/mol. The number of ether oxygens (including phenoxy) is 2. The lowest BCUT2D eigenvalue weighted by Gasteiger charge is -2.28. The molecule has 4 nitrogen and oxygen atoms in total. The molecule has 0 amide bonds. The minimum atomic E-state index is 0.192. The van der Waals surface area contributed by atoms with Gasteiger partial charge in [0.15, 0.2) is 11.5 Å². The topological polar surface area (TPSA) is 57.4 Å². The Morgan fingerprint density at radius 2 is 1.68 bits per heavy atom. The molecule has 1 fully saturated rings. The van der Waals surface area contributed by atoms with E-state index in [-0.39, 0.29) is 5.92 Å². The highest BCUT2D eigenvalue weighted by atomic mass is 16.5. The standard InChI is InChI=1S/C24H26N2O2/c1-27-23-10-7-19(16-24(23)28-21-3-2-4-21)22(15-17-11-13-26-14-12-17)18-5-8-20(25)9-6-18/h5-14,16,21-22H,2-4,15,25H2,1H3. The number of hydrogen-bond acceptors (Lipinski definition) is 4. The van der Waals surface area contributed by atoms with E-state index in [0.29, 0.717) is 6.10 Å². The van der Waals surface area contributed by atoms with Crippen LogP contribution in [0.15, 0.2) is 67.0 Å². The van der Waals surface area contributed by atoms with Crippen molar-refractivity contribution in [3.05, 3.63) is 83.7 Å². The van der Waals surface area contributed by atoms with E-state index in [1.165, 1.54) is 23.1 Å². The number of hydrogen-bond donors (Lipinski definition) is 1. The molecule has 0 aliphatic heterocycles. The van der Waals surface area contributed by atoms with Gasteiger partial charge in [0.05, 0.1) is 13.2 Å². The van der Waals surface area contributed by atoms with Crippen LogP contribution in [0.4, 0.5) is 5.69 Å². The first kappa shape index (κ1) is 18.4. The zero-order valence-electron chi connectivity index (χ0n) is 16.2. The first-order valence-electron chi connectivity index (χ1n) is 9.82. The van der Waals surface area contributed by atoms with Crippen molar-refractivity contribution < 1.29 is 9.47 Å². The van der Waals surface area contributed by atoms with Gasteiger partial charge in [-0.3, -0.25) is 4.98 Å². The number of nitrogens with zero attached hydrogens (tertiary/aromatic N) is 1. The zero-order valence-corrected chi connectivity index (χ0v) is 16.2. The van der Waals surface area contributed by atoms with Crippen LogP contribution in [-0.2, 0) is 6.42 Å². The van der Waals surface area contributed by atoms with Crippen LogP contribution < -0.4 is 15.2 Å². The van der Waals surface area contributed by atoms with E-state index < -0.39 is 0 Å². The van der Waals surface area contributed by atoms with Crippen molar-refractivity contribution in [2.75, 3.05) is 12.8 Å². The van der Waals surface area contributed by atoms with E-state index in [0.717, 1.165) is 36.4 Å². The lowest BCUT2D eigenvalue weighted by atomic mass is 9.86. The number of aromatic nitrogens is 1. The monoisotopic (exact) mass is 374 g/mol. The SMILES string of the molecule is COc1ccc(C(Cc2ccncc2)c2ccc(N)cc2)cc1OC1CCC1. The molecule has 0 bridgehead atoms. The molecule has 4 heteroatoms. The third-order valence-corrected chi connectivity index (χ3v) is 5.46. The molecule has 1 heterocycles. The average molecular weight is 374 g/mol. The zero-order chi connectivity index (χ0) is 19.3. The fraction of sp³-hybridized carbons (Fsp3) is 0.292. The van der Waals surface area contributed by atoms with Crippen LogP contribution in [0, 0.1) is 0 Å². The Labute approximate surface area is 166 Å². The summed E-state index contributed by atoms with van der Waals surface area (Å²) in [5, 5.41) is 0. The van der Waals surface area contributed by atoms with Gasteiger partial charge >= 0.3 is 0 Å². The van der Waals surface area contributed by atoms with Gasteiger partial charge < -0.3 is 15.2 Å². The molecule has 0 radical (unpaired) electrons. The molecule has 28 heavy (non-hydrogen) atoms. The molecule has 1 aliphatic carbocycles. The van der Waals surface area contributed by atoms with Crippen LogP contribution in [-0.4, -0.2) is 18.2 Å². The highest BCUT2D eigenvalue weighted by Gasteiger charge is 2.23. The van der Waals surface area contributed by atoms with Crippen molar-refractivity contribution in [3.8, 4) is 11.5 Å². The number of benzene rings is 2. The average Bonchev–Trinajstić information content (AvgIpc) is 2.70. The third-order valence-electron chi connectivity index (χ3n) is 5.46. The molecule has 1 aliphatic rings. The van der Waals surface area contributed by atoms with Crippen molar-refractivity contribution in [2.45, 2.75) is 37.7 Å². The van der Waals surface area contributed by atoms with Crippen LogP contribution in [0.5, 0.6) is 11.5 Å². The van der Waals surface area contributed by atoms with Crippen molar-refractivity contribution >= 4 is 5.69 Å². The minimum absolute atomic E-state index is 0.192. The molecule has 0 spiro atoms. The normalized spacial score (nSPS) is 14.9. The number of anilines is 1. The summed E-state index contributed by atoms with van der Waals surface area (Å²) in [6, 6.07) is 18.6. The Morgan fingerprint density at radius 1 is 0.964 bits per heavy atom. The first-order valence-corrected chi connectivity index (χ1v) is 9.82. The quantitative estimate of drug-likeness (QED) is 0.593. The number of methoxy groups -OCH3 is 1. The van der Waals surface area contributed by atoms with Gasteiger partial charge in [0.25, 0.3) is 0 Å². The van der Waals surface area contributed by atoms with Gasteiger partial charge in [-0.2, -0.15) is 0 Å². The Kier molecular flexibility index (Phi) is 5.47. The summed E-state index contributed by atoms with van der Waals surface area (Å²) in [5.41, 5.74) is 10.4. The molecule has 1 atom stereocenters. The van der Waals surface area contributed by atoms with Crippen molar-refractivity contribution in [1.82, 2.24) is 4.98 Å². The lowest BCUT2D eigenvalue weighted by molar-refractivity contribution is 0.116. The fourth-order valence-corrected chi connectivity index (χ4v) is 3.58. The summed E-state index contributed by atoms with van der Waals surface area (Å²) in [6.45, 7) is 0. The maximum atomic E-state index is 6.21. The Bertz CT molecular complexity index is 906. The van der Waals surface area contributed by atoms with Crippen LogP contribution in [0.1, 0.15) is 41.9 Å². The molecular formula is C24H26N2O2. The van der Waals surface area contributed by atoms with E-state index in [1.54, 1.807) is 7.11 Å².